The molecule has 0 spiro atoms. The average molecular weight is 312 g/mol. The number of Topliss-reactive ketones (excluding diaryl/α,β-unsaturated/α-hetero) is 1. The molecule has 0 aliphatic carbocycles. The summed E-state index contributed by atoms with van der Waals surface area (Å²) < 4.78 is 25.1. The van der Waals surface area contributed by atoms with E-state index in [1.165, 1.54) is 25.1 Å². The number of carbonyl (C=O) groups is 1. The van der Waals surface area contributed by atoms with Crippen LogP contribution in [0.3, 0.4) is 0 Å². The van der Waals surface area contributed by atoms with E-state index in [0.29, 0.717) is 11.1 Å². The van der Waals surface area contributed by atoms with Gasteiger partial charge in [-0.2, -0.15) is 0 Å². The van der Waals surface area contributed by atoms with Gasteiger partial charge in [0.2, 0.25) is 0 Å². The second-order valence-corrected chi connectivity index (χ2v) is 4.55. The van der Waals surface area contributed by atoms with Crippen LogP contribution in [0.1, 0.15) is 34.9 Å². The molecule has 1 aromatic rings. The number of alkyl halides is 4. The first kappa shape index (κ1) is 13.6. The van der Waals surface area contributed by atoms with Crippen LogP contribution in [0.5, 0.6) is 0 Å². The van der Waals surface area contributed by atoms with E-state index in [4.69, 9.17) is 11.6 Å². The van der Waals surface area contributed by atoms with E-state index in [9.17, 15) is 13.6 Å². The van der Waals surface area contributed by atoms with Gasteiger partial charge in [0, 0.05) is 11.4 Å². The summed E-state index contributed by atoms with van der Waals surface area (Å²) in [5.41, 5.74) is 0.925. The van der Waals surface area contributed by atoms with E-state index >= 15 is 0 Å². The van der Waals surface area contributed by atoms with E-state index in [2.05, 4.69) is 15.9 Å². The highest BCUT2D eigenvalue weighted by Gasteiger charge is 2.17. The summed E-state index contributed by atoms with van der Waals surface area (Å²) in [6.07, 6.45) is -2.55. The number of hydrogen-bond acceptors (Lipinski definition) is 1. The van der Waals surface area contributed by atoms with Crippen molar-refractivity contribution < 1.29 is 13.6 Å². The van der Waals surface area contributed by atoms with Crippen LogP contribution in [0, 0.1) is 0 Å². The van der Waals surface area contributed by atoms with Crippen molar-refractivity contribution in [3.63, 3.8) is 0 Å². The summed E-state index contributed by atoms with van der Waals surface area (Å²) >= 11 is 8.79. The predicted molar refractivity (Wildman–Crippen MR) is 63.3 cm³/mol. The summed E-state index contributed by atoms with van der Waals surface area (Å²) in [6, 6.07) is 4.36. The molecule has 1 atom stereocenters. The monoisotopic (exact) mass is 310 g/mol. The number of carbonyl (C=O) groups excluding carboxylic acids is 1. The fraction of sp³-hybridized carbons (Fsp3) is 0.364. The molecular weight excluding hydrogens is 301 g/mol. The topological polar surface area (TPSA) is 17.1 Å². The Bertz CT molecular complexity index is 396. The number of rotatable bonds is 4. The fourth-order valence-corrected chi connectivity index (χ4v) is 1.86. The number of halogens is 4. The molecule has 1 aromatic carbocycles. The minimum Gasteiger partial charge on any atom is -0.298 e. The quantitative estimate of drug-likeness (QED) is 0.754. The summed E-state index contributed by atoms with van der Waals surface area (Å²) in [7, 11) is 0. The molecule has 0 saturated heterocycles. The Kier molecular flexibility index (Phi) is 4.87. The lowest BCUT2D eigenvalue weighted by molar-refractivity contribution is -0.116. The van der Waals surface area contributed by atoms with Crippen molar-refractivity contribution in [1.82, 2.24) is 0 Å². The molecule has 0 saturated carbocycles. The van der Waals surface area contributed by atoms with E-state index in [0.717, 1.165) is 0 Å². The number of hydrogen-bond donors (Lipinski definition) is 0. The molecule has 0 aliphatic heterocycles. The van der Waals surface area contributed by atoms with Crippen LogP contribution in [-0.2, 0) is 10.7 Å². The molecule has 5 heteroatoms. The molecule has 1 unspecified atom stereocenters. The molecule has 0 radical (unpaired) electrons. The largest absolute Gasteiger partial charge is 0.298 e. The maximum atomic E-state index is 12.6. The van der Waals surface area contributed by atoms with Crippen molar-refractivity contribution in [2.75, 3.05) is 0 Å². The lowest BCUT2D eigenvalue weighted by Crippen LogP contribution is -2.03. The zero-order valence-electron chi connectivity index (χ0n) is 8.51. The first-order valence-corrected chi connectivity index (χ1v) is 6.03. The zero-order valence-corrected chi connectivity index (χ0v) is 10.9. The van der Waals surface area contributed by atoms with E-state index in [1.807, 2.05) is 0 Å². The Hall–Kier alpha value is -0.480. The second-order valence-electron chi connectivity index (χ2n) is 3.37. The second kappa shape index (κ2) is 5.73. The molecule has 0 N–H and O–H groups in total. The first-order valence-electron chi connectivity index (χ1n) is 4.58. The normalized spacial score (nSPS) is 12.9. The highest BCUT2D eigenvalue weighted by molar-refractivity contribution is 9.09. The lowest BCUT2D eigenvalue weighted by Gasteiger charge is -2.11. The van der Waals surface area contributed by atoms with Gasteiger partial charge in [-0.3, -0.25) is 4.79 Å². The molecule has 0 aliphatic rings. The van der Waals surface area contributed by atoms with Gasteiger partial charge in [0.05, 0.1) is 4.83 Å². The van der Waals surface area contributed by atoms with Gasteiger partial charge < -0.3 is 0 Å². The maximum Gasteiger partial charge on any atom is 0.264 e. The number of benzene rings is 1. The summed E-state index contributed by atoms with van der Waals surface area (Å²) in [4.78, 5) is 10.7. The van der Waals surface area contributed by atoms with Gasteiger partial charge in [0.1, 0.15) is 5.78 Å². The third-order valence-electron chi connectivity index (χ3n) is 2.20. The van der Waals surface area contributed by atoms with Gasteiger partial charge in [-0.05, 0) is 18.1 Å². The molecule has 0 bridgehead atoms. The summed E-state index contributed by atoms with van der Waals surface area (Å²) in [5, 5.41) is 0. The molecule has 1 rings (SSSR count). The smallest absolute Gasteiger partial charge is 0.264 e. The van der Waals surface area contributed by atoms with Crippen LogP contribution in [0.4, 0.5) is 8.78 Å². The van der Waals surface area contributed by atoms with Crippen LogP contribution in [0.15, 0.2) is 18.2 Å². The lowest BCUT2D eigenvalue weighted by atomic mass is 10.0. The van der Waals surface area contributed by atoms with E-state index in [-0.39, 0.29) is 17.2 Å². The Morgan fingerprint density at radius 3 is 2.56 bits per heavy atom. The van der Waals surface area contributed by atoms with Gasteiger partial charge in [0.15, 0.2) is 0 Å². The molecule has 0 fully saturated rings. The van der Waals surface area contributed by atoms with Crippen molar-refractivity contribution in [3.05, 3.63) is 34.9 Å². The van der Waals surface area contributed by atoms with Crippen LogP contribution in [0.2, 0.25) is 0 Å². The highest BCUT2D eigenvalue weighted by atomic mass is 79.9. The zero-order chi connectivity index (χ0) is 12.3. The fourth-order valence-electron chi connectivity index (χ4n) is 1.35. The standard InChI is InChI=1S/C11H10BrClF2O/c1-6(16)10(12)7-2-3-9(11(14)15)8(4-7)5-13/h2-4,10-11H,5H2,1H3. The molecule has 1 nitrogen and oxygen atoms in total. The molecule has 88 valence electrons. The minimum atomic E-state index is -2.55. The minimum absolute atomic E-state index is 0.00510. The molecular formula is C11H10BrClF2O. The van der Waals surface area contributed by atoms with Gasteiger partial charge in [-0.25, -0.2) is 8.78 Å². The van der Waals surface area contributed by atoms with Crippen molar-refractivity contribution in [2.24, 2.45) is 0 Å². The average Bonchev–Trinajstić information content (AvgIpc) is 2.26. The van der Waals surface area contributed by atoms with Crippen molar-refractivity contribution in [2.45, 2.75) is 24.1 Å². The van der Waals surface area contributed by atoms with Gasteiger partial charge in [-0.1, -0.05) is 34.1 Å². The first-order chi connectivity index (χ1) is 7.47. The van der Waals surface area contributed by atoms with Gasteiger partial charge >= 0.3 is 0 Å². The maximum absolute atomic E-state index is 12.6. The Balaban J connectivity index is 3.13. The van der Waals surface area contributed by atoms with Crippen LogP contribution in [-0.4, -0.2) is 5.78 Å². The van der Waals surface area contributed by atoms with Crippen LogP contribution in [0.25, 0.3) is 0 Å². The van der Waals surface area contributed by atoms with Crippen molar-refractivity contribution >= 4 is 33.3 Å². The van der Waals surface area contributed by atoms with E-state index < -0.39 is 11.3 Å². The Morgan fingerprint density at radius 1 is 1.50 bits per heavy atom. The Morgan fingerprint density at radius 2 is 2.12 bits per heavy atom. The highest BCUT2D eigenvalue weighted by Crippen LogP contribution is 2.30. The van der Waals surface area contributed by atoms with E-state index in [1.54, 1.807) is 0 Å². The summed E-state index contributed by atoms with van der Waals surface area (Å²) in [5.74, 6) is -0.0733. The van der Waals surface area contributed by atoms with Gasteiger partial charge in [-0.15, -0.1) is 11.6 Å². The summed E-state index contributed by atoms with van der Waals surface area (Å²) in [6.45, 7) is 1.43. The van der Waals surface area contributed by atoms with Gasteiger partial charge in [0.25, 0.3) is 6.43 Å². The third kappa shape index (κ3) is 3.01. The Labute approximate surface area is 106 Å². The molecule has 0 heterocycles. The number of ketones is 1. The molecule has 0 aromatic heterocycles. The van der Waals surface area contributed by atoms with Crippen LogP contribution < -0.4 is 0 Å². The third-order valence-corrected chi connectivity index (χ3v) is 3.66. The molecule has 16 heavy (non-hydrogen) atoms. The van der Waals surface area contributed by atoms with Crippen molar-refractivity contribution in [3.8, 4) is 0 Å². The van der Waals surface area contributed by atoms with Crippen LogP contribution >= 0.6 is 27.5 Å². The molecule has 0 amide bonds. The SMILES string of the molecule is CC(=O)C(Br)c1ccc(C(F)F)c(CCl)c1. The van der Waals surface area contributed by atoms with Crippen molar-refractivity contribution in [1.29, 1.82) is 0 Å². The predicted octanol–water partition coefficient (Wildman–Crippen LogP) is 4.39.